The van der Waals surface area contributed by atoms with Gasteiger partial charge in [0.25, 0.3) is 0 Å². The average molecular weight is 297 g/mol. The van der Waals surface area contributed by atoms with Crippen molar-refractivity contribution in [3.05, 3.63) is 48.0 Å². The van der Waals surface area contributed by atoms with Gasteiger partial charge < -0.3 is 9.47 Å². The molecule has 0 aliphatic heterocycles. The van der Waals surface area contributed by atoms with Crippen LogP contribution in [0.4, 0.5) is 0 Å². The molecule has 1 unspecified atom stereocenters. The fourth-order valence-electron chi connectivity index (χ4n) is 1.74. The van der Waals surface area contributed by atoms with E-state index in [0.717, 1.165) is 19.3 Å². The summed E-state index contributed by atoms with van der Waals surface area (Å²) < 4.78 is 10.6. The summed E-state index contributed by atoms with van der Waals surface area (Å²) in [6.07, 6.45) is 6.71. The molecule has 0 saturated carbocycles. The lowest BCUT2D eigenvalue weighted by Crippen LogP contribution is -2.21. The van der Waals surface area contributed by atoms with Crippen LogP contribution in [0.15, 0.2) is 42.5 Å². The zero-order chi connectivity index (χ0) is 14.6. The first-order chi connectivity index (χ1) is 9.77. The molecule has 1 aromatic rings. The van der Waals surface area contributed by atoms with Gasteiger partial charge in [-0.2, -0.15) is 0 Å². The molecule has 0 bridgehead atoms. The number of esters is 1. The van der Waals surface area contributed by atoms with Crippen LogP contribution in [0.3, 0.4) is 0 Å². The molecule has 110 valence electrons. The van der Waals surface area contributed by atoms with Gasteiger partial charge in [0.15, 0.2) is 0 Å². The molecule has 3 nitrogen and oxygen atoms in total. The van der Waals surface area contributed by atoms with Crippen molar-refractivity contribution in [1.29, 1.82) is 0 Å². The van der Waals surface area contributed by atoms with E-state index >= 15 is 0 Å². The number of ether oxygens (including phenoxy) is 2. The molecule has 20 heavy (non-hydrogen) atoms. The van der Waals surface area contributed by atoms with Crippen molar-refractivity contribution < 1.29 is 14.3 Å². The van der Waals surface area contributed by atoms with E-state index in [-0.39, 0.29) is 18.7 Å². The first kappa shape index (κ1) is 16.7. The summed E-state index contributed by atoms with van der Waals surface area (Å²) in [4.78, 5) is 11.8. The highest BCUT2D eigenvalue weighted by Crippen LogP contribution is 2.08. The summed E-state index contributed by atoms with van der Waals surface area (Å²) >= 11 is 5.54. The summed E-state index contributed by atoms with van der Waals surface area (Å²) in [7, 11) is 1.63. The highest BCUT2D eigenvalue weighted by molar-refractivity contribution is 6.18. The van der Waals surface area contributed by atoms with Crippen molar-refractivity contribution >= 4 is 17.6 Å². The molecular weight excluding hydrogens is 276 g/mol. The summed E-state index contributed by atoms with van der Waals surface area (Å²) in [5.41, 5.74) is 0.562. The molecule has 0 heterocycles. The number of allylic oxidation sites excluding steroid dienone is 2. The number of hydrogen-bond donors (Lipinski definition) is 0. The molecule has 0 aliphatic rings. The molecule has 0 fully saturated rings. The van der Waals surface area contributed by atoms with Gasteiger partial charge in [0.2, 0.25) is 0 Å². The van der Waals surface area contributed by atoms with Gasteiger partial charge in [-0.1, -0.05) is 30.4 Å². The van der Waals surface area contributed by atoms with Crippen LogP contribution in [0.1, 0.15) is 29.6 Å². The van der Waals surface area contributed by atoms with Gasteiger partial charge >= 0.3 is 5.97 Å². The van der Waals surface area contributed by atoms with Crippen molar-refractivity contribution in [2.45, 2.75) is 25.4 Å². The average Bonchev–Trinajstić information content (AvgIpc) is 2.50. The Morgan fingerprint density at radius 3 is 2.70 bits per heavy atom. The van der Waals surface area contributed by atoms with E-state index in [9.17, 15) is 4.79 Å². The van der Waals surface area contributed by atoms with Crippen molar-refractivity contribution in [3.63, 3.8) is 0 Å². The van der Waals surface area contributed by atoms with E-state index in [2.05, 4.69) is 6.08 Å². The van der Waals surface area contributed by atoms with Gasteiger partial charge in [-0.25, -0.2) is 4.79 Å². The van der Waals surface area contributed by atoms with Crippen LogP contribution in [0.2, 0.25) is 0 Å². The highest BCUT2D eigenvalue weighted by Gasteiger charge is 2.12. The zero-order valence-corrected chi connectivity index (χ0v) is 12.5. The van der Waals surface area contributed by atoms with E-state index in [1.165, 1.54) is 0 Å². The van der Waals surface area contributed by atoms with Gasteiger partial charge in [-0.15, -0.1) is 11.6 Å². The number of alkyl halides is 1. The Balaban J connectivity index is 2.27. The second-order valence-corrected chi connectivity index (χ2v) is 4.69. The quantitative estimate of drug-likeness (QED) is 0.301. The number of unbranched alkanes of at least 4 members (excludes halogenated alkanes) is 1. The Labute approximate surface area is 125 Å². The SMILES string of the molecule is COC(CCCC=CCCl)COC(=O)c1ccccc1. The van der Waals surface area contributed by atoms with E-state index in [0.29, 0.717) is 11.4 Å². The van der Waals surface area contributed by atoms with Crippen LogP contribution in [0.5, 0.6) is 0 Å². The Bertz CT molecular complexity index is 403. The number of rotatable bonds is 9. The largest absolute Gasteiger partial charge is 0.459 e. The van der Waals surface area contributed by atoms with E-state index in [1.54, 1.807) is 19.2 Å². The van der Waals surface area contributed by atoms with Gasteiger partial charge in [0.05, 0.1) is 11.7 Å². The van der Waals surface area contributed by atoms with Gasteiger partial charge in [0, 0.05) is 13.0 Å². The van der Waals surface area contributed by atoms with Gasteiger partial charge in [-0.05, 0) is 31.4 Å². The van der Waals surface area contributed by atoms with Crippen LogP contribution in [0, 0.1) is 0 Å². The minimum atomic E-state index is -0.310. The number of carbonyl (C=O) groups is 1. The predicted octanol–water partition coefficient (Wildman–Crippen LogP) is 3.82. The Morgan fingerprint density at radius 1 is 1.30 bits per heavy atom. The van der Waals surface area contributed by atoms with Crippen molar-refractivity contribution in [2.75, 3.05) is 19.6 Å². The number of hydrogen-bond acceptors (Lipinski definition) is 3. The second kappa shape index (κ2) is 10.5. The maximum atomic E-state index is 11.8. The maximum absolute atomic E-state index is 11.8. The predicted molar refractivity (Wildman–Crippen MR) is 81.2 cm³/mol. The van der Waals surface area contributed by atoms with Gasteiger partial charge in [-0.3, -0.25) is 0 Å². The van der Waals surface area contributed by atoms with Crippen LogP contribution >= 0.6 is 11.6 Å². The van der Waals surface area contributed by atoms with Crippen molar-refractivity contribution in [3.8, 4) is 0 Å². The minimum Gasteiger partial charge on any atom is -0.459 e. The fourth-order valence-corrected chi connectivity index (χ4v) is 1.87. The lowest BCUT2D eigenvalue weighted by atomic mass is 10.1. The van der Waals surface area contributed by atoms with Crippen molar-refractivity contribution in [2.24, 2.45) is 0 Å². The summed E-state index contributed by atoms with van der Waals surface area (Å²) in [5.74, 6) is 0.234. The van der Waals surface area contributed by atoms with Crippen LogP contribution in [-0.4, -0.2) is 31.7 Å². The number of methoxy groups -OCH3 is 1. The summed E-state index contributed by atoms with van der Waals surface area (Å²) in [6, 6.07) is 8.96. The lowest BCUT2D eigenvalue weighted by molar-refractivity contribution is 0.00748. The van der Waals surface area contributed by atoms with E-state index in [1.807, 2.05) is 24.3 Å². The molecule has 0 aliphatic carbocycles. The third-order valence-electron chi connectivity index (χ3n) is 2.90. The first-order valence-corrected chi connectivity index (χ1v) is 7.27. The zero-order valence-electron chi connectivity index (χ0n) is 11.8. The second-order valence-electron chi connectivity index (χ2n) is 4.38. The normalized spacial score (nSPS) is 12.5. The monoisotopic (exact) mass is 296 g/mol. The van der Waals surface area contributed by atoms with Crippen LogP contribution < -0.4 is 0 Å². The first-order valence-electron chi connectivity index (χ1n) is 6.74. The molecule has 1 atom stereocenters. The molecule has 1 rings (SSSR count). The molecule has 1 aromatic carbocycles. The number of carbonyl (C=O) groups excluding carboxylic acids is 1. The van der Waals surface area contributed by atoms with Crippen LogP contribution in [-0.2, 0) is 9.47 Å². The maximum Gasteiger partial charge on any atom is 0.338 e. The van der Waals surface area contributed by atoms with E-state index in [4.69, 9.17) is 21.1 Å². The summed E-state index contributed by atoms with van der Waals surface area (Å²) in [6.45, 7) is 0.281. The Hall–Kier alpha value is -1.32. The highest BCUT2D eigenvalue weighted by atomic mass is 35.5. The molecule has 0 spiro atoms. The standard InChI is InChI=1S/C16H21ClO3/c1-19-15(11-7-2-3-8-12-17)13-20-16(18)14-9-5-4-6-10-14/h3-6,8-10,15H,2,7,11-13H2,1H3. The molecule has 4 heteroatoms. The number of halogens is 1. The third-order valence-corrected chi connectivity index (χ3v) is 3.07. The Kier molecular flexibility index (Phi) is 8.76. The lowest BCUT2D eigenvalue weighted by Gasteiger charge is -2.15. The topological polar surface area (TPSA) is 35.5 Å². The van der Waals surface area contributed by atoms with Crippen LogP contribution in [0.25, 0.3) is 0 Å². The minimum absolute atomic E-state index is 0.0629. The van der Waals surface area contributed by atoms with Gasteiger partial charge in [0.1, 0.15) is 6.61 Å². The molecular formula is C16H21ClO3. The number of benzene rings is 1. The third kappa shape index (κ3) is 6.73. The van der Waals surface area contributed by atoms with E-state index < -0.39 is 0 Å². The Morgan fingerprint density at radius 2 is 2.05 bits per heavy atom. The van der Waals surface area contributed by atoms with Crippen molar-refractivity contribution in [1.82, 2.24) is 0 Å². The summed E-state index contributed by atoms with van der Waals surface area (Å²) in [5, 5.41) is 0. The molecule has 0 amide bonds. The smallest absolute Gasteiger partial charge is 0.338 e. The molecule has 0 radical (unpaired) electrons. The molecule has 0 saturated heterocycles. The molecule has 0 N–H and O–H groups in total. The molecule has 0 aromatic heterocycles. The fraction of sp³-hybridized carbons (Fsp3) is 0.438.